The average molecular weight is 447 g/mol. The summed E-state index contributed by atoms with van der Waals surface area (Å²) >= 11 is 0. The van der Waals surface area contributed by atoms with E-state index in [4.69, 9.17) is 4.43 Å². The molecule has 7 heteroatoms. The summed E-state index contributed by atoms with van der Waals surface area (Å²) in [4.78, 5) is 0. The van der Waals surface area contributed by atoms with Gasteiger partial charge in [0.05, 0.1) is 6.10 Å². The molecular weight excluding hydrogens is 409 g/mol. The lowest BCUT2D eigenvalue weighted by molar-refractivity contribution is -0.268. The topological polar surface area (TPSA) is 29.5 Å². The van der Waals surface area contributed by atoms with Gasteiger partial charge in [0.15, 0.2) is 8.32 Å². The molecule has 0 heterocycles. The standard InChI is InChI=1S/C22H37F3O2Si2/c1-19(2,3)29(7,8)27-18-11-13-21(22(23,24)25)17(16-18)10-9-12-20(21,26)14-15-28(4,5)6/h16,18,26H,9-13H2,1-8H3/t18-,20+,21+/m0/s1. The van der Waals surface area contributed by atoms with Crippen molar-refractivity contribution in [2.45, 2.75) is 109 Å². The molecule has 0 aliphatic heterocycles. The van der Waals surface area contributed by atoms with Gasteiger partial charge in [0.1, 0.15) is 19.1 Å². The van der Waals surface area contributed by atoms with E-state index in [1.54, 1.807) is 6.08 Å². The molecule has 1 fully saturated rings. The highest BCUT2D eigenvalue weighted by Crippen LogP contribution is 2.61. The van der Waals surface area contributed by atoms with E-state index in [-0.39, 0.29) is 36.0 Å². The minimum atomic E-state index is -4.55. The zero-order valence-electron chi connectivity index (χ0n) is 19.2. The first kappa shape index (κ1) is 24.7. The fourth-order valence-corrected chi connectivity index (χ4v) is 6.03. The Kier molecular flexibility index (Phi) is 6.43. The van der Waals surface area contributed by atoms with Crippen LogP contribution < -0.4 is 0 Å². The summed E-state index contributed by atoms with van der Waals surface area (Å²) in [6.07, 6.45) is -2.20. The molecule has 3 atom stereocenters. The maximum Gasteiger partial charge on any atom is 0.401 e. The molecule has 2 aliphatic rings. The number of rotatable bonds is 2. The molecule has 2 rings (SSSR count). The number of aliphatic hydroxyl groups is 1. The molecule has 0 radical (unpaired) electrons. The van der Waals surface area contributed by atoms with Crippen LogP contribution in [0.5, 0.6) is 0 Å². The molecule has 0 saturated heterocycles. The molecule has 0 aromatic carbocycles. The van der Waals surface area contributed by atoms with Crippen LogP contribution in [0.15, 0.2) is 11.6 Å². The Labute approximate surface area is 176 Å². The molecule has 29 heavy (non-hydrogen) atoms. The number of halogens is 3. The Hall–Kier alpha value is -0.556. The van der Waals surface area contributed by atoms with Gasteiger partial charge in [-0.3, -0.25) is 0 Å². The third-order valence-electron chi connectivity index (χ3n) is 6.81. The summed E-state index contributed by atoms with van der Waals surface area (Å²) in [6.45, 7) is 16.6. The lowest BCUT2D eigenvalue weighted by Gasteiger charge is -2.53. The molecule has 1 saturated carbocycles. The van der Waals surface area contributed by atoms with E-state index < -0.39 is 33.6 Å². The van der Waals surface area contributed by atoms with Crippen LogP contribution in [0.25, 0.3) is 0 Å². The summed E-state index contributed by atoms with van der Waals surface area (Å²) in [6, 6.07) is 0. The quantitative estimate of drug-likeness (QED) is 0.300. The van der Waals surface area contributed by atoms with Crippen LogP contribution in [0.1, 0.15) is 52.9 Å². The second-order valence-electron chi connectivity index (χ2n) is 11.3. The molecule has 0 amide bonds. The molecule has 0 aromatic heterocycles. The van der Waals surface area contributed by atoms with Gasteiger partial charge >= 0.3 is 6.18 Å². The maximum absolute atomic E-state index is 14.5. The van der Waals surface area contributed by atoms with Crippen LogP contribution in [0.3, 0.4) is 0 Å². The van der Waals surface area contributed by atoms with Crippen molar-refractivity contribution in [1.29, 1.82) is 0 Å². The SMILES string of the molecule is CC(C)(C)[Si](C)(C)O[C@@H]1C=C2CCC[C@@](O)(C#C[Si](C)(C)C)[C@@]2(C(F)(F)F)CC1. The van der Waals surface area contributed by atoms with Crippen molar-refractivity contribution in [2.24, 2.45) is 5.41 Å². The van der Waals surface area contributed by atoms with Gasteiger partial charge in [-0.1, -0.05) is 58.0 Å². The van der Waals surface area contributed by atoms with Gasteiger partial charge in [0.2, 0.25) is 0 Å². The van der Waals surface area contributed by atoms with Crippen molar-refractivity contribution < 1.29 is 22.7 Å². The Bertz CT molecular complexity index is 720. The number of fused-ring (bicyclic) bond motifs is 1. The molecule has 0 unspecified atom stereocenters. The van der Waals surface area contributed by atoms with Crippen molar-refractivity contribution in [3.63, 3.8) is 0 Å². The van der Waals surface area contributed by atoms with Crippen LogP contribution in [0, 0.1) is 16.9 Å². The Morgan fingerprint density at radius 1 is 1.10 bits per heavy atom. The van der Waals surface area contributed by atoms with Gasteiger partial charge in [-0.25, -0.2) is 0 Å². The van der Waals surface area contributed by atoms with Crippen LogP contribution in [-0.2, 0) is 4.43 Å². The number of hydrogen-bond acceptors (Lipinski definition) is 2. The van der Waals surface area contributed by atoms with E-state index in [2.05, 4.69) is 45.3 Å². The highest BCUT2D eigenvalue weighted by molar-refractivity contribution is 6.83. The van der Waals surface area contributed by atoms with Gasteiger partial charge in [-0.15, -0.1) is 5.54 Å². The van der Waals surface area contributed by atoms with Crippen LogP contribution >= 0.6 is 0 Å². The van der Waals surface area contributed by atoms with E-state index >= 15 is 0 Å². The van der Waals surface area contributed by atoms with Gasteiger partial charge in [-0.05, 0) is 50.2 Å². The summed E-state index contributed by atoms with van der Waals surface area (Å²) in [5, 5.41) is 11.3. The molecule has 166 valence electrons. The van der Waals surface area contributed by atoms with E-state index in [9.17, 15) is 18.3 Å². The number of hydrogen-bond donors (Lipinski definition) is 1. The minimum absolute atomic E-state index is 0.0137. The normalized spacial score (nSPS) is 31.4. The fourth-order valence-electron chi connectivity index (χ4n) is 4.15. The zero-order valence-corrected chi connectivity index (χ0v) is 21.2. The van der Waals surface area contributed by atoms with Gasteiger partial charge in [0, 0.05) is 0 Å². The van der Waals surface area contributed by atoms with Crippen LogP contribution in [-0.4, -0.2) is 39.4 Å². The lowest BCUT2D eigenvalue weighted by atomic mass is 9.56. The predicted molar refractivity (Wildman–Crippen MR) is 118 cm³/mol. The Morgan fingerprint density at radius 3 is 2.17 bits per heavy atom. The molecule has 2 aliphatic carbocycles. The van der Waals surface area contributed by atoms with Crippen LogP contribution in [0.4, 0.5) is 13.2 Å². The van der Waals surface area contributed by atoms with Gasteiger partial charge in [-0.2, -0.15) is 13.2 Å². The highest BCUT2D eigenvalue weighted by Gasteiger charge is 2.69. The first-order valence-corrected chi connectivity index (χ1v) is 17.0. The van der Waals surface area contributed by atoms with Crippen LogP contribution in [0.2, 0.25) is 37.8 Å². The van der Waals surface area contributed by atoms with Crippen molar-refractivity contribution in [1.82, 2.24) is 0 Å². The third-order valence-corrected chi connectivity index (χ3v) is 12.2. The minimum Gasteiger partial charge on any atom is -0.411 e. The molecule has 2 nitrogen and oxygen atoms in total. The average Bonchev–Trinajstić information content (AvgIpc) is 2.50. The van der Waals surface area contributed by atoms with Crippen molar-refractivity contribution in [2.75, 3.05) is 0 Å². The third kappa shape index (κ3) is 4.71. The second kappa shape index (κ2) is 7.54. The molecule has 0 bridgehead atoms. The predicted octanol–water partition coefficient (Wildman–Crippen LogP) is 6.44. The van der Waals surface area contributed by atoms with E-state index in [0.29, 0.717) is 12.8 Å². The smallest absolute Gasteiger partial charge is 0.401 e. The van der Waals surface area contributed by atoms with Crippen molar-refractivity contribution in [3.05, 3.63) is 11.6 Å². The van der Waals surface area contributed by atoms with E-state index in [1.807, 2.05) is 19.6 Å². The highest BCUT2D eigenvalue weighted by atomic mass is 28.4. The summed E-state index contributed by atoms with van der Waals surface area (Å²) < 4.78 is 50.1. The fraction of sp³-hybridized carbons (Fsp3) is 0.818. The van der Waals surface area contributed by atoms with Crippen molar-refractivity contribution >= 4 is 16.4 Å². The molecular formula is C22H37F3O2Si2. The molecule has 1 N–H and O–H groups in total. The Balaban J connectivity index is 2.52. The summed E-state index contributed by atoms with van der Waals surface area (Å²) in [7, 11) is -4.04. The monoisotopic (exact) mass is 446 g/mol. The summed E-state index contributed by atoms with van der Waals surface area (Å²) in [5.41, 5.74) is -1.04. The lowest BCUT2D eigenvalue weighted by Crippen LogP contribution is -2.61. The zero-order chi connectivity index (χ0) is 22.5. The maximum atomic E-state index is 14.5. The van der Waals surface area contributed by atoms with Crippen molar-refractivity contribution in [3.8, 4) is 11.5 Å². The van der Waals surface area contributed by atoms with Gasteiger partial charge in [0.25, 0.3) is 0 Å². The second-order valence-corrected chi connectivity index (χ2v) is 20.8. The molecule has 0 aromatic rings. The first-order chi connectivity index (χ1) is 12.8. The first-order valence-electron chi connectivity index (χ1n) is 10.6. The molecule has 0 spiro atoms. The van der Waals surface area contributed by atoms with Gasteiger partial charge < -0.3 is 9.53 Å². The number of alkyl halides is 3. The summed E-state index contributed by atoms with van der Waals surface area (Å²) in [5.74, 6) is 2.75. The van der Waals surface area contributed by atoms with E-state index in [0.717, 1.165) is 0 Å². The van der Waals surface area contributed by atoms with E-state index in [1.165, 1.54) is 0 Å². The largest absolute Gasteiger partial charge is 0.411 e. The Morgan fingerprint density at radius 2 is 1.69 bits per heavy atom.